The normalized spacial score (nSPS) is 13.8. The Balaban J connectivity index is 1.30. The lowest BCUT2D eigenvalue weighted by Gasteiger charge is -2.36. The van der Waals surface area contributed by atoms with Gasteiger partial charge in [-0.3, -0.25) is 4.79 Å². The molecule has 1 fully saturated rings. The van der Waals surface area contributed by atoms with Crippen LogP contribution in [0.4, 0.5) is 11.4 Å². The molecular weight excluding hydrogens is 496 g/mol. The molecule has 4 aromatic rings. The summed E-state index contributed by atoms with van der Waals surface area (Å²) in [6, 6.07) is 17.5. The van der Waals surface area contributed by atoms with Crippen molar-refractivity contribution in [3.63, 3.8) is 0 Å². The van der Waals surface area contributed by atoms with E-state index in [1.54, 1.807) is 6.20 Å². The molecule has 0 atom stereocenters. The van der Waals surface area contributed by atoms with Crippen molar-refractivity contribution in [3.8, 4) is 17.1 Å². The summed E-state index contributed by atoms with van der Waals surface area (Å²) in [6.07, 6.45) is 1.80. The van der Waals surface area contributed by atoms with E-state index in [1.807, 2.05) is 66.5 Å². The number of amides is 1. The van der Waals surface area contributed by atoms with Crippen molar-refractivity contribution >= 4 is 44.4 Å². The van der Waals surface area contributed by atoms with Crippen molar-refractivity contribution in [2.45, 2.75) is 0 Å². The Bertz CT molecular complexity index is 1280. The highest BCUT2D eigenvalue weighted by Gasteiger charge is 2.25. The molecule has 0 aliphatic carbocycles. The van der Waals surface area contributed by atoms with Crippen LogP contribution in [0.1, 0.15) is 0 Å². The number of pyridine rings is 1. The molecule has 1 aliphatic heterocycles. The Kier molecular flexibility index (Phi) is 6.35. The van der Waals surface area contributed by atoms with Crippen LogP contribution in [0.2, 0.25) is 0 Å². The predicted octanol–water partition coefficient (Wildman–Crippen LogP) is 4.16. The number of carbonyl (C=O) groups excluding carboxylic acids is 1. The zero-order valence-electron chi connectivity index (χ0n) is 18.8. The lowest BCUT2D eigenvalue weighted by Crippen LogP contribution is -2.50. The van der Waals surface area contributed by atoms with Crippen molar-refractivity contribution in [1.29, 1.82) is 0 Å². The number of piperazine rings is 1. The number of benzene rings is 2. The third-order valence-corrected chi connectivity index (χ3v) is 6.52. The van der Waals surface area contributed by atoms with E-state index in [0.717, 1.165) is 38.4 Å². The number of hydrogen-bond acceptors (Lipinski definition) is 6. The summed E-state index contributed by atoms with van der Waals surface area (Å²) in [6.45, 7) is 2.69. The molecule has 2 N–H and O–H groups in total. The fourth-order valence-corrected chi connectivity index (χ4v) is 4.62. The number of carbonyl (C=O) groups is 1. The van der Waals surface area contributed by atoms with Gasteiger partial charge in [0.25, 0.3) is 5.91 Å². The number of halogens is 1. The van der Waals surface area contributed by atoms with Crippen LogP contribution in [0.15, 0.2) is 65.3 Å². The van der Waals surface area contributed by atoms with Crippen molar-refractivity contribution in [2.75, 3.05) is 50.1 Å². The van der Waals surface area contributed by atoms with Crippen LogP contribution in [0.5, 0.6) is 5.75 Å². The molecule has 34 heavy (non-hydrogen) atoms. The maximum absolute atomic E-state index is 12.6. The number of hydrogen-bond donors (Lipinski definition) is 2. The maximum Gasteiger partial charge on any atom is 0.260 e. The Hall–Kier alpha value is -3.59. The van der Waals surface area contributed by atoms with Gasteiger partial charge in [0, 0.05) is 50.7 Å². The number of H-pyrrole nitrogens is 1. The smallest absolute Gasteiger partial charge is 0.260 e. The van der Waals surface area contributed by atoms with E-state index in [-0.39, 0.29) is 12.5 Å². The molecule has 1 saturated heterocycles. The summed E-state index contributed by atoms with van der Waals surface area (Å²) in [4.78, 5) is 29.5. The lowest BCUT2D eigenvalue weighted by molar-refractivity contribution is -0.133. The Morgan fingerprint density at radius 1 is 1.09 bits per heavy atom. The fraction of sp³-hybridized carbons (Fsp3) is 0.240. The zero-order valence-corrected chi connectivity index (χ0v) is 20.4. The fourth-order valence-electron chi connectivity index (χ4n) is 4.08. The topological polar surface area (TPSA) is 86.4 Å². The maximum atomic E-state index is 12.6. The number of rotatable bonds is 6. The first-order chi connectivity index (χ1) is 16.6. The SMILES string of the molecule is CNc1ccc(-c2nc3c(N4CCN(C(=O)COc5ccccc5)CC4)c(Br)cnc3[nH]2)cc1. The number of imidazole rings is 1. The highest BCUT2D eigenvalue weighted by atomic mass is 79.9. The van der Waals surface area contributed by atoms with Gasteiger partial charge >= 0.3 is 0 Å². The average Bonchev–Trinajstić information content (AvgIpc) is 3.32. The summed E-state index contributed by atoms with van der Waals surface area (Å²) >= 11 is 3.67. The van der Waals surface area contributed by atoms with Crippen LogP contribution >= 0.6 is 15.9 Å². The van der Waals surface area contributed by atoms with E-state index in [1.165, 1.54) is 0 Å². The van der Waals surface area contributed by atoms with Gasteiger partial charge in [-0.05, 0) is 52.3 Å². The van der Waals surface area contributed by atoms with Crippen LogP contribution in [0, 0.1) is 0 Å². The van der Waals surface area contributed by atoms with Gasteiger partial charge < -0.3 is 24.8 Å². The van der Waals surface area contributed by atoms with Gasteiger partial charge in [-0.2, -0.15) is 0 Å². The van der Waals surface area contributed by atoms with Gasteiger partial charge in [0.05, 0.1) is 10.2 Å². The van der Waals surface area contributed by atoms with Crippen LogP contribution in [-0.4, -0.2) is 65.6 Å². The average molecular weight is 521 g/mol. The van der Waals surface area contributed by atoms with E-state index in [9.17, 15) is 4.79 Å². The van der Waals surface area contributed by atoms with E-state index >= 15 is 0 Å². The molecule has 0 radical (unpaired) electrons. The Morgan fingerprint density at radius 3 is 2.53 bits per heavy atom. The molecule has 9 heteroatoms. The molecule has 0 saturated carbocycles. The summed E-state index contributed by atoms with van der Waals surface area (Å²) < 4.78 is 6.51. The molecule has 1 aliphatic rings. The van der Waals surface area contributed by atoms with Crippen molar-refractivity contribution in [3.05, 3.63) is 65.3 Å². The first-order valence-electron chi connectivity index (χ1n) is 11.2. The minimum absolute atomic E-state index is 0.00508. The van der Waals surface area contributed by atoms with Crippen molar-refractivity contribution in [1.82, 2.24) is 19.9 Å². The largest absolute Gasteiger partial charge is 0.484 e. The number of nitrogens with one attached hydrogen (secondary N) is 2. The van der Waals surface area contributed by atoms with Crippen molar-refractivity contribution in [2.24, 2.45) is 0 Å². The standard InChI is InChI=1S/C25H25BrN6O2/c1-27-18-9-7-17(8-10-18)24-29-22-23(20(26)15-28-25(22)30-24)32-13-11-31(12-14-32)21(33)16-34-19-5-3-2-4-6-19/h2-10,15,27H,11-14,16H2,1H3,(H,28,29,30). The summed E-state index contributed by atoms with van der Waals surface area (Å²) in [5, 5.41) is 3.13. The minimum atomic E-state index is -0.00508. The number of ether oxygens (including phenoxy) is 1. The summed E-state index contributed by atoms with van der Waals surface area (Å²) in [5.74, 6) is 1.47. The molecule has 5 rings (SSSR count). The highest BCUT2D eigenvalue weighted by Crippen LogP contribution is 2.34. The molecule has 3 heterocycles. The number of fused-ring (bicyclic) bond motifs is 1. The van der Waals surface area contributed by atoms with Crippen LogP contribution in [0.3, 0.4) is 0 Å². The third kappa shape index (κ3) is 4.56. The monoisotopic (exact) mass is 520 g/mol. The van der Waals surface area contributed by atoms with Crippen LogP contribution in [-0.2, 0) is 4.79 Å². The van der Waals surface area contributed by atoms with E-state index < -0.39 is 0 Å². The van der Waals surface area contributed by atoms with Gasteiger partial charge in [0.2, 0.25) is 0 Å². The van der Waals surface area contributed by atoms with Crippen molar-refractivity contribution < 1.29 is 9.53 Å². The zero-order chi connectivity index (χ0) is 23.5. The molecule has 0 bridgehead atoms. The van der Waals surface area contributed by atoms with Gasteiger partial charge in [0.1, 0.15) is 17.1 Å². The second-order valence-electron chi connectivity index (χ2n) is 8.03. The van der Waals surface area contributed by atoms with Gasteiger partial charge in [-0.1, -0.05) is 18.2 Å². The first kappa shape index (κ1) is 22.2. The van der Waals surface area contributed by atoms with E-state index in [2.05, 4.69) is 36.1 Å². The molecular formula is C25H25BrN6O2. The first-order valence-corrected chi connectivity index (χ1v) is 11.9. The molecule has 2 aromatic carbocycles. The number of nitrogens with zero attached hydrogens (tertiary/aromatic N) is 4. The molecule has 174 valence electrons. The Labute approximate surface area is 206 Å². The third-order valence-electron chi connectivity index (χ3n) is 5.94. The summed E-state index contributed by atoms with van der Waals surface area (Å²) in [5.41, 5.74) is 4.58. The minimum Gasteiger partial charge on any atom is -0.484 e. The van der Waals surface area contributed by atoms with E-state index in [0.29, 0.717) is 31.9 Å². The van der Waals surface area contributed by atoms with Gasteiger partial charge in [-0.15, -0.1) is 0 Å². The lowest BCUT2D eigenvalue weighted by atomic mass is 10.2. The number of para-hydroxylation sites is 1. The molecule has 8 nitrogen and oxygen atoms in total. The second kappa shape index (κ2) is 9.72. The summed E-state index contributed by atoms with van der Waals surface area (Å²) in [7, 11) is 1.90. The second-order valence-corrected chi connectivity index (χ2v) is 8.89. The quantitative estimate of drug-likeness (QED) is 0.397. The molecule has 0 spiro atoms. The van der Waals surface area contributed by atoms with E-state index in [4.69, 9.17) is 9.72 Å². The van der Waals surface area contributed by atoms with Crippen LogP contribution < -0.4 is 15.0 Å². The number of anilines is 2. The predicted molar refractivity (Wildman–Crippen MR) is 137 cm³/mol. The molecule has 0 unspecified atom stereocenters. The van der Waals surface area contributed by atoms with Gasteiger partial charge in [0.15, 0.2) is 12.3 Å². The van der Waals surface area contributed by atoms with Gasteiger partial charge in [-0.25, -0.2) is 9.97 Å². The van der Waals surface area contributed by atoms with Crippen LogP contribution in [0.25, 0.3) is 22.6 Å². The highest BCUT2D eigenvalue weighted by molar-refractivity contribution is 9.10. The molecule has 1 amide bonds. The molecule has 2 aromatic heterocycles. The Morgan fingerprint density at radius 2 is 1.82 bits per heavy atom. The number of aromatic nitrogens is 3. The number of aromatic amines is 1.